The van der Waals surface area contributed by atoms with E-state index in [-0.39, 0.29) is 24.6 Å². The summed E-state index contributed by atoms with van der Waals surface area (Å²) in [5.41, 5.74) is 9.74. The Morgan fingerprint density at radius 3 is 2.71 bits per heavy atom. The fourth-order valence-corrected chi connectivity index (χ4v) is 4.35. The Kier molecular flexibility index (Phi) is 6.32. The molecule has 0 unspecified atom stereocenters. The Balaban J connectivity index is 1.79. The minimum absolute atomic E-state index is 0.0882. The predicted molar refractivity (Wildman–Crippen MR) is 109 cm³/mol. The third-order valence-electron chi connectivity index (χ3n) is 4.86. The Morgan fingerprint density at radius 2 is 2.04 bits per heavy atom. The monoisotopic (exact) mass is 394 g/mol. The standard InChI is InChI=1S/C21H22N4O2S/c1-14-16-8-5-9-18(16)24-21(17(14)12-22)28-13-20(27)25(11-10-19(23)26)15-6-3-2-4-7-15/h2-4,6-7H,5,8-11,13H2,1H3,(H2,23,26). The average molecular weight is 395 g/mol. The number of amides is 2. The van der Waals surface area contributed by atoms with Gasteiger partial charge in [-0.25, -0.2) is 4.98 Å². The summed E-state index contributed by atoms with van der Waals surface area (Å²) in [6, 6.07) is 11.4. The average Bonchev–Trinajstić information content (AvgIpc) is 3.16. The van der Waals surface area contributed by atoms with Crippen LogP contribution in [0.2, 0.25) is 0 Å². The van der Waals surface area contributed by atoms with Crippen molar-refractivity contribution < 1.29 is 9.59 Å². The van der Waals surface area contributed by atoms with Crippen molar-refractivity contribution in [2.24, 2.45) is 5.73 Å². The van der Waals surface area contributed by atoms with Crippen molar-refractivity contribution in [2.45, 2.75) is 37.6 Å². The smallest absolute Gasteiger partial charge is 0.237 e. The number of nitriles is 1. The van der Waals surface area contributed by atoms with Crippen LogP contribution in [0.1, 0.15) is 35.2 Å². The van der Waals surface area contributed by atoms with E-state index in [4.69, 9.17) is 5.73 Å². The first-order chi connectivity index (χ1) is 13.5. The summed E-state index contributed by atoms with van der Waals surface area (Å²) in [4.78, 5) is 30.3. The number of pyridine rings is 1. The molecule has 0 atom stereocenters. The lowest BCUT2D eigenvalue weighted by atomic mass is 10.0. The topological polar surface area (TPSA) is 100 Å². The highest BCUT2D eigenvalue weighted by Crippen LogP contribution is 2.32. The van der Waals surface area contributed by atoms with E-state index in [1.807, 2.05) is 37.3 Å². The molecule has 1 heterocycles. The highest BCUT2D eigenvalue weighted by Gasteiger charge is 2.23. The number of fused-ring (bicyclic) bond motifs is 1. The van der Waals surface area contributed by atoms with Crippen LogP contribution in [-0.2, 0) is 22.4 Å². The van der Waals surface area contributed by atoms with E-state index in [9.17, 15) is 14.9 Å². The molecule has 28 heavy (non-hydrogen) atoms. The maximum atomic E-state index is 12.9. The fraction of sp³-hybridized carbons (Fsp3) is 0.333. The molecule has 0 aliphatic heterocycles. The lowest BCUT2D eigenvalue weighted by molar-refractivity contribution is -0.118. The van der Waals surface area contributed by atoms with Crippen LogP contribution in [0.3, 0.4) is 0 Å². The molecule has 1 aliphatic carbocycles. The second kappa shape index (κ2) is 8.89. The molecular formula is C21H22N4O2S. The number of rotatable bonds is 7. The first kappa shape index (κ1) is 19.9. The number of nitrogens with two attached hydrogens (primary N) is 1. The Bertz CT molecular complexity index is 938. The molecule has 6 nitrogen and oxygen atoms in total. The van der Waals surface area contributed by atoms with Gasteiger partial charge in [0, 0.05) is 24.3 Å². The summed E-state index contributed by atoms with van der Waals surface area (Å²) in [5.74, 6) is -0.474. The summed E-state index contributed by atoms with van der Waals surface area (Å²) in [6.45, 7) is 2.18. The quantitative estimate of drug-likeness (QED) is 0.728. The number of hydrogen-bond acceptors (Lipinski definition) is 5. The van der Waals surface area contributed by atoms with Crippen LogP contribution in [0.15, 0.2) is 35.4 Å². The number of para-hydroxylation sites is 1. The van der Waals surface area contributed by atoms with Crippen molar-refractivity contribution in [1.29, 1.82) is 5.26 Å². The molecule has 1 aliphatic rings. The summed E-state index contributed by atoms with van der Waals surface area (Å²) in [5, 5.41) is 10.2. The molecule has 1 aromatic heterocycles. The van der Waals surface area contributed by atoms with Crippen molar-refractivity contribution in [2.75, 3.05) is 17.2 Å². The highest BCUT2D eigenvalue weighted by atomic mass is 32.2. The van der Waals surface area contributed by atoms with Crippen LogP contribution in [0.25, 0.3) is 0 Å². The molecule has 144 valence electrons. The van der Waals surface area contributed by atoms with Gasteiger partial charge in [0.2, 0.25) is 11.8 Å². The molecule has 1 aromatic carbocycles. The van der Waals surface area contributed by atoms with Gasteiger partial charge in [-0.15, -0.1) is 0 Å². The second-order valence-corrected chi connectivity index (χ2v) is 7.66. The second-order valence-electron chi connectivity index (χ2n) is 6.69. The van der Waals surface area contributed by atoms with Crippen LogP contribution in [0, 0.1) is 18.3 Å². The van der Waals surface area contributed by atoms with E-state index >= 15 is 0 Å². The number of aryl methyl sites for hydroxylation is 1. The Hall–Kier alpha value is -2.85. The third-order valence-corrected chi connectivity index (χ3v) is 5.82. The molecule has 0 spiro atoms. The number of primary amides is 1. The summed E-state index contributed by atoms with van der Waals surface area (Å²) >= 11 is 1.28. The number of carbonyl (C=O) groups excluding carboxylic acids is 2. The number of hydrogen-bond donors (Lipinski definition) is 1. The van der Waals surface area contributed by atoms with Gasteiger partial charge in [0.25, 0.3) is 0 Å². The van der Waals surface area contributed by atoms with E-state index in [0.29, 0.717) is 16.3 Å². The van der Waals surface area contributed by atoms with Crippen molar-refractivity contribution >= 4 is 29.3 Å². The fourth-order valence-electron chi connectivity index (χ4n) is 3.42. The number of anilines is 1. The summed E-state index contributed by atoms with van der Waals surface area (Å²) in [6.07, 6.45) is 3.01. The van der Waals surface area contributed by atoms with E-state index < -0.39 is 5.91 Å². The molecule has 0 fully saturated rings. The first-order valence-electron chi connectivity index (χ1n) is 9.20. The molecule has 2 amide bonds. The molecule has 2 N–H and O–H groups in total. The number of nitrogens with zero attached hydrogens (tertiary/aromatic N) is 3. The number of thioether (sulfide) groups is 1. The van der Waals surface area contributed by atoms with Gasteiger partial charge in [-0.2, -0.15) is 5.26 Å². The minimum Gasteiger partial charge on any atom is -0.370 e. The third kappa shape index (κ3) is 4.34. The number of aromatic nitrogens is 1. The van der Waals surface area contributed by atoms with Gasteiger partial charge >= 0.3 is 0 Å². The minimum atomic E-state index is -0.455. The summed E-state index contributed by atoms with van der Waals surface area (Å²) in [7, 11) is 0. The van der Waals surface area contributed by atoms with E-state index in [1.165, 1.54) is 17.3 Å². The van der Waals surface area contributed by atoms with Crippen molar-refractivity contribution in [3.63, 3.8) is 0 Å². The van der Waals surface area contributed by atoms with Crippen LogP contribution in [-0.4, -0.2) is 29.1 Å². The van der Waals surface area contributed by atoms with E-state index in [2.05, 4.69) is 11.1 Å². The van der Waals surface area contributed by atoms with Gasteiger partial charge in [-0.3, -0.25) is 9.59 Å². The summed E-state index contributed by atoms with van der Waals surface area (Å²) < 4.78 is 0. The first-order valence-corrected chi connectivity index (χ1v) is 10.2. The molecule has 2 aromatic rings. The highest BCUT2D eigenvalue weighted by molar-refractivity contribution is 8.00. The maximum absolute atomic E-state index is 12.9. The Morgan fingerprint density at radius 1 is 1.29 bits per heavy atom. The van der Waals surface area contributed by atoms with Gasteiger partial charge in [-0.05, 0) is 49.4 Å². The zero-order chi connectivity index (χ0) is 20.1. The molecule has 7 heteroatoms. The predicted octanol–water partition coefficient (Wildman–Crippen LogP) is 2.75. The largest absolute Gasteiger partial charge is 0.370 e. The molecule has 0 radical (unpaired) electrons. The normalized spacial score (nSPS) is 12.3. The van der Waals surface area contributed by atoms with Crippen LogP contribution in [0.5, 0.6) is 0 Å². The lowest BCUT2D eigenvalue weighted by Crippen LogP contribution is -2.35. The van der Waals surface area contributed by atoms with Crippen LogP contribution >= 0.6 is 11.8 Å². The van der Waals surface area contributed by atoms with Crippen LogP contribution < -0.4 is 10.6 Å². The van der Waals surface area contributed by atoms with Crippen molar-refractivity contribution in [1.82, 2.24) is 4.98 Å². The van der Waals surface area contributed by atoms with Crippen molar-refractivity contribution in [3.8, 4) is 6.07 Å². The van der Waals surface area contributed by atoms with Gasteiger partial charge in [0.05, 0.1) is 11.3 Å². The number of carbonyl (C=O) groups is 2. The van der Waals surface area contributed by atoms with Crippen molar-refractivity contribution in [3.05, 3.63) is 52.7 Å². The van der Waals surface area contributed by atoms with Crippen LogP contribution in [0.4, 0.5) is 5.69 Å². The molecule has 0 bridgehead atoms. The SMILES string of the molecule is Cc1c(C#N)c(SCC(=O)N(CCC(N)=O)c2ccccc2)nc2c1CCC2. The van der Waals surface area contributed by atoms with Gasteiger partial charge in [-0.1, -0.05) is 30.0 Å². The molecule has 0 saturated carbocycles. The molecule has 0 saturated heterocycles. The number of benzene rings is 1. The lowest BCUT2D eigenvalue weighted by Gasteiger charge is -2.22. The van der Waals surface area contributed by atoms with Gasteiger partial charge in [0.15, 0.2) is 0 Å². The molecule has 3 rings (SSSR count). The zero-order valence-electron chi connectivity index (χ0n) is 15.8. The van der Waals surface area contributed by atoms with Gasteiger partial charge < -0.3 is 10.6 Å². The van der Waals surface area contributed by atoms with Gasteiger partial charge in [0.1, 0.15) is 11.1 Å². The van der Waals surface area contributed by atoms with E-state index in [1.54, 1.807) is 4.90 Å². The Labute approximate surface area is 168 Å². The zero-order valence-corrected chi connectivity index (χ0v) is 16.6. The molecular weight excluding hydrogens is 372 g/mol. The maximum Gasteiger partial charge on any atom is 0.237 e. The van der Waals surface area contributed by atoms with E-state index in [0.717, 1.165) is 30.5 Å².